The van der Waals surface area contributed by atoms with E-state index in [0.29, 0.717) is 6.42 Å². The normalized spacial score (nSPS) is 20.7. The van der Waals surface area contributed by atoms with Crippen molar-refractivity contribution in [1.29, 1.82) is 0 Å². The minimum atomic E-state index is -1.59. The van der Waals surface area contributed by atoms with E-state index in [-0.39, 0.29) is 32.0 Å². The van der Waals surface area contributed by atoms with Crippen LogP contribution in [0.1, 0.15) is 194 Å². The first-order valence-electron chi connectivity index (χ1n) is 22.4. The average Bonchev–Trinajstić information content (AvgIpc) is 3.18. The van der Waals surface area contributed by atoms with Gasteiger partial charge in [0, 0.05) is 12.8 Å². The number of aliphatic hydroxyl groups excluding tert-OH is 4. The molecular formula is C45H82O10. The quantitative estimate of drug-likeness (QED) is 0.0273. The highest BCUT2D eigenvalue weighted by molar-refractivity contribution is 5.70. The number of aliphatic hydroxyl groups is 4. The van der Waals surface area contributed by atoms with Crippen LogP contribution in [0.2, 0.25) is 0 Å². The zero-order valence-corrected chi connectivity index (χ0v) is 34.9. The molecule has 0 spiro atoms. The molecule has 0 aromatic rings. The van der Waals surface area contributed by atoms with Crippen molar-refractivity contribution in [2.45, 2.75) is 230 Å². The molecule has 4 N–H and O–H groups in total. The lowest BCUT2D eigenvalue weighted by atomic mass is 9.99. The molecule has 1 saturated heterocycles. The van der Waals surface area contributed by atoms with Gasteiger partial charge in [0.2, 0.25) is 0 Å². The summed E-state index contributed by atoms with van der Waals surface area (Å²) in [6.07, 6.45) is 31.8. The Morgan fingerprint density at radius 1 is 0.564 bits per heavy atom. The van der Waals surface area contributed by atoms with E-state index in [1.165, 1.54) is 103 Å². The fraction of sp³-hybridized carbons (Fsp3) is 0.867. The molecule has 6 atom stereocenters. The summed E-state index contributed by atoms with van der Waals surface area (Å²) in [6, 6.07) is 0. The molecule has 0 amide bonds. The van der Waals surface area contributed by atoms with Crippen LogP contribution in [0.5, 0.6) is 0 Å². The molecule has 1 fully saturated rings. The van der Waals surface area contributed by atoms with Crippen molar-refractivity contribution >= 4 is 11.9 Å². The van der Waals surface area contributed by atoms with Gasteiger partial charge in [0.05, 0.1) is 13.2 Å². The number of carbonyl (C=O) groups excluding carboxylic acids is 2. The van der Waals surface area contributed by atoms with Gasteiger partial charge < -0.3 is 39.4 Å². The smallest absolute Gasteiger partial charge is 0.306 e. The third kappa shape index (κ3) is 28.3. The minimum Gasteiger partial charge on any atom is -0.462 e. The number of ether oxygens (including phenoxy) is 4. The van der Waals surface area contributed by atoms with Gasteiger partial charge in [0.25, 0.3) is 0 Å². The molecule has 1 heterocycles. The highest BCUT2D eigenvalue weighted by Crippen LogP contribution is 2.23. The molecular weight excluding hydrogens is 700 g/mol. The predicted octanol–water partition coefficient (Wildman–Crippen LogP) is 9.33. The zero-order valence-electron chi connectivity index (χ0n) is 34.9. The highest BCUT2D eigenvalue weighted by atomic mass is 16.7. The molecule has 0 aromatic carbocycles. The van der Waals surface area contributed by atoms with Crippen molar-refractivity contribution in [2.24, 2.45) is 0 Å². The summed E-state index contributed by atoms with van der Waals surface area (Å²) in [5.74, 6) is -0.807. The molecule has 1 aliphatic rings. The second-order valence-corrected chi connectivity index (χ2v) is 15.5. The van der Waals surface area contributed by atoms with E-state index >= 15 is 0 Å². The SMILES string of the molecule is CCCCC/C=C/C/C=C/CCCCCCCCCCCC(=O)OC[C@@H](CO[C@H]1O[C@@H](CO)[C@@H](O)C(O)C1O)OC(=O)CCCCCCCCCCCCC. The van der Waals surface area contributed by atoms with Crippen LogP contribution < -0.4 is 0 Å². The van der Waals surface area contributed by atoms with Gasteiger partial charge in [-0.3, -0.25) is 9.59 Å². The number of hydrogen-bond donors (Lipinski definition) is 4. The number of allylic oxidation sites excluding steroid dienone is 4. The van der Waals surface area contributed by atoms with E-state index in [2.05, 4.69) is 38.2 Å². The van der Waals surface area contributed by atoms with Gasteiger partial charge in [-0.25, -0.2) is 0 Å². The summed E-state index contributed by atoms with van der Waals surface area (Å²) in [5, 5.41) is 40.0. The maximum atomic E-state index is 12.7. The molecule has 1 aliphatic heterocycles. The second-order valence-electron chi connectivity index (χ2n) is 15.5. The van der Waals surface area contributed by atoms with Crippen LogP contribution in [-0.2, 0) is 28.5 Å². The lowest BCUT2D eigenvalue weighted by Crippen LogP contribution is -2.59. The molecule has 0 saturated carbocycles. The van der Waals surface area contributed by atoms with Gasteiger partial charge in [-0.2, -0.15) is 0 Å². The molecule has 0 radical (unpaired) electrons. The van der Waals surface area contributed by atoms with E-state index in [4.69, 9.17) is 18.9 Å². The van der Waals surface area contributed by atoms with E-state index in [1.54, 1.807) is 0 Å². The Hall–Kier alpha value is -1.82. The van der Waals surface area contributed by atoms with E-state index in [9.17, 15) is 30.0 Å². The maximum absolute atomic E-state index is 12.7. The predicted molar refractivity (Wildman–Crippen MR) is 219 cm³/mol. The molecule has 55 heavy (non-hydrogen) atoms. The monoisotopic (exact) mass is 783 g/mol. The second kappa shape index (κ2) is 36.5. The molecule has 2 unspecified atom stereocenters. The van der Waals surface area contributed by atoms with E-state index in [0.717, 1.165) is 57.8 Å². The lowest BCUT2D eigenvalue weighted by Gasteiger charge is -2.39. The van der Waals surface area contributed by atoms with Crippen molar-refractivity contribution in [3.05, 3.63) is 24.3 Å². The van der Waals surface area contributed by atoms with Crippen molar-refractivity contribution in [2.75, 3.05) is 19.8 Å². The van der Waals surface area contributed by atoms with Crippen LogP contribution in [0.15, 0.2) is 24.3 Å². The van der Waals surface area contributed by atoms with Gasteiger partial charge in [-0.15, -0.1) is 0 Å². The number of hydrogen-bond acceptors (Lipinski definition) is 10. The topological polar surface area (TPSA) is 152 Å². The summed E-state index contributed by atoms with van der Waals surface area (Å²) in [4.78, 5) is 25.3. The standard InChI is InChI=1S/C45H82O10/c1-3-5-7-9-11-13-15-16-17-18-19-20-21-22-24-25-27-29-31-33-40(47)52-36-38(37-53-45-44(51)43(50)42(49)39(35-46)55-45)54-41(48)34-32-30-28-26-23-14-12-10-8-6-4-2/h11,13,16-17,38-39,42-46,49-51H,3-10,12,14-15,18-37H2,1-2H3/b13-11+,17-16+/t38-,39-,42+,43?,44?,45-/m0/s1. The summed E-state index contributed by atoms with van der Waals surface area (Å²) in [5.41, 5.74) is 0. The first kappa shape index (κ1) is 51.2. The number of unbranched alkanes of at least 4 members (excludes halogenated alkanes) is 22. The van der Waals surface area contributed by atoms with Gasteiger partial charge in [-0.05, 0) is 44.9 Å². The van der Waals surface area contributed by atoms with Crippen molar-refractivity contribution in [3.63, 3.8) is 0 Å². The Labute approximate surface area is 334 Å². The molecule has 0 bridgehead atoms. The maximum Gasteiger partial charge on any atom is 0.306 e. The molecule has 10 heteroatoms. The Morgan fingerprint density at radius 2 is 1.02 bits per heavy atom. The largest absolute Gasteiger partial charge is 0.462 e. The summed E-state index contributed by atoms with van der Waals surface area (Å²) in [6.45, 7) is 3.39. The van der Waals surface area contributed by atoms with E-state index < -0.39 is 49.4 Å². The van der Waals surface area contributed by atoms with Crippen molar-refractivity contribution in [3.8, 4) is 0 Å². The molecule has 10 nitrogen and oxygen atoms in total. The van der Waals surface area contributed by atoms with Crippen LogP contribution in [0.4, 0.5) is 0 Å². The minimum absolute atomic E-state index is 0.216. The first-order valence-corrected chi connectivity index (χ1v) is 22.4. The van der Waals surface area contributed by atoms with Crippen molar-refractivity contribution < 1.29 is 49.0 Å². The third-order valence-corrected chi connectivity index (χ3v) is 10.3. The fourth-order valence-electron chi connectivity index (χ4n) is 6.75. The Kier molecular flexibility index (Phi) is 34.0. The van der Waals surface area contributed by atoms with Crippen molar-refractivity contribution in [1.82, 2.24) is 0 Å². The average molecular weight is 783 g/mol. The zero-order chi connectivity index (χ0) is 40.2. The summed E-state index contributed by atoms with van der Waals surface area (Å²) >= 11 is 0. The number of esters is 2. The molecule has 322 valence electrons. The van der Waals surface area contributed by atoms with Gasteiger partial charge >= 0.3 is 11.9 Å². The molecule has 0 aromatic heterocycles. The van der Waals surface area contributed by atoms with Gasteiger partial charge in [0.15, 0.2) is 12.4 Å². The third-order valence-electron chi connectivity index (χ3n) is 10.3. The fourth-order valence-corrected chi connectivity index (χ4v) is 6.75. The Balaban J connectivity index is 2.29. The Bertz CT molecular complexity index is 954. The summed E-state index contributed by atoms with van der Waals surface area (Å²) in [7, 11) is 0. The lowest BCUT2D eigenvalue weighted by molar-refractivity contribution is -0.305. The van der Waals surface area contributed by atoms with Crippen LogP contribution >= 0.6 is 0 Å². The van der Waals surface area contributed by atoms with Crippen LogP contribution in [0.3, 0.4) is 0 Å². The van der Waals surface area contributed by atoms with Gasteiger partial charge in [0.1, 0.15) is 31.0 Å². The number of rotatable bonds is 37. The first-order chi connectivity index (χ1) is 26.8. The van der Waals surface area contributed by atoms with Crippen LogP contribution in [0.25, 0.3) is 0 Å². The van der Waals surface area contributed by atoms with Crippen LogP contribution in [0, 0.1) is 0 Å². The van der Waals surface area contributed by atoms with E-state index in [1.807, 2.05) is 0 Å². The molecule has 0 aliphatic carbocycles. The van der Waals surface area contributed by atoms with Gasteiger partial charge in [-0.1, -0.05) is 160 Å². The highest BCUT2D eigenvalue weighted by Gasteiger charge is 2.44. The Morgan fingerprint density at radius 3 is 1.55 bits per heavy atom. The molecule has 1 rings (SSSR count). The number of carbonyl (C=O) groups is 2. The summed E-state index contributed by atoms with van der Waals surface area (Å²) < 4.78 is 22.1. The van der Waals surface area contributed by atoms with Crippen LogP contribution in [-0.4, -0.2) is 89.0 Å².